The number of amides is 1. The number of halogens is 1. The quantitative estimate of drug-likeness (QED) is 0.289. The van der Waals surface area contributed by atoms with Crippen molar-refractivity contribution in [2.24, 2.45) is 0 Å². The SMILES string of the molecule is CN(C)CCOc1cc(NC(=O)Cc2cccc3c(-c4ccncc4)cccc23)ccc1I. The van der Waals surface area contributed by atoms with Crippen molar-refractivity contribution in [2.45, 2.75) is 6.42 Å². The highest BCUT2D eigenvalue weighted by atomic mass is 127. The van der Waals surface area contributed by atoms with Crippen LogP contribution in [0.1, 0.15) is 5.56 Å². The zero-order valence-electron chi connectivity index (χ0n) is 18.7. The highest BCUT2D eigenvalue weighted by Gasteiger charge is 2.11. The highest BCUT2D eigenvalue weighted by Crippen LogP contribution is 2.30. The first-order valence-electron chi connectivity index (χ1n) is 10.8. The minimum atomic E-state index is -0.0581. The molecule has 0 fully saturated rings. The molecule has 0 radical (unpaired) electrons. The minimum absolute atomic E-state index is 0.0581. The lowest BCUT2D eigenvalue weighted by atomic mass is 9.95. The van der Waals surface area contributed by atoms with E-state index in [1.807, 2.05) is 62.6 Å². The van der Waals surface area contributed by atoms with Gasteiger partial charge in [-0.15, -0.1) is 0 Å². The number of pyridine rings is 1. The number of hydrogen-bond acceptors (Lipinski definition) is 4. The molecule has 0 aliphatic carbocycles. The van der Waals surface area contributed by atoms with Crippen molar-refractivity contribution < 1.29 is 9.53 Å². The van der Waals surface area contributed by atoms with Crippen LogP contribution in [-0.2, 0) is 11.2 Å². The van der Waals surface area contributed by atoms with E-state index < -0.39 is 0 Å². The van der Waals surface area contributed by atoms with E-state index in [1.165, 1.54) is 0 Å². The van der Waals surface area contributed by atoms with Gasteiger partial charge in [-0.05, 0) is 88.4 Å². The maximum Gasteiger partial charge on any atom is 0.228 e. The lowest BCUT2D eigenvalue weighted by Gasteiger charge is -2.14. The number of benzene rings is 3. The predicted octanol–water partition coefficient (Wildman–Crippen LogP) is 5.63. The molecule has 1 heterocycles. The van der Waals surface area contributed by atoms with Crippen molar-refractivity contribution in [3.05, 3.63) is 88.3 Å². The number of carbonyl (C=O) groups excluding carboxylic acids is 1. The fourth-order valence-corrected chi connectivity index (χ4v) is 4.21. The summed E-state index contributed by atoms with van der Waals surface area (Å²) in [6.45, 7) is 1.42. The molecular formula is C27H26IN3O2. The molecule has 4 aromatic rings. The Balaban J connectivity index is 1.52. The van der Waals surface area contributed by atoms with E-state index in [2.05, 4.69) is 56.0 Å². The van der Waals surface area contributed by atoms with Gasteiger partial charge in [0, 0.05) is 30.7 Å². The van der Waals surface area contributed by atoms with Gasteiger partial charge in [-0.2, -0.15) is 0 Å². The van der Waals surface area contributed by atoms with E-state index in [1.54, 1.807) is 12.4 Å². The van der Waals surface area contributed by atoms with Crippen LogP contribution in [-0.4, -0.2) is 43.0 Å². The first-order valence-corrected chi connectivity index (χ1v) is 11.9. The van der Waals surface area contributed by atoms with Crippen LogP contribution in [0.5, 0.6) is 5.75 Å². The molecule has 0 aliphatic heterocycles. The van der Waals surface area contributed by atoms with E-state index in [9.17, 15) is 4.79 Å². The summed E-state index contributed by atoms with van der Waals surface area (Å²) in [7, 11) is 4.02. The molecule has 4 rings (SSSR count). The summed E-state index contributed by atoms with van der Waals surface area (Å²) in [5, 5.41) is 5.23. The van der Waals surface area contributed by atoms with Crippen LogP contribution in [0.25, 0.3) is 21.9 Å². The molecule has 0 atom stereocenters. The molecule has 0 saturated carbocycles. The second-order valence-corrected chi connectivity index (χ2v) is 9.24. The first kappa shape index (κ1) is 23.2. The molecule has 5 nitrogen and oxygen atoms in total. The van der Waals surface area contributed by atoms with Gasteiger partial charge in [0.2, 0.25) is 5.91 Å². The standard InChI is InChI=1S/C27H26IN3O2/c1-31(2)15-16-33-26-18-21(9-10-25(26)28)30-27(32)17-20-5-3-8-24-22(6-4-7-23(20)24)19-11-13-29-14-12-19/h3-14,18H,15-17H2,1-2H3,(H,30,32). The molecule has 168 valence electrons. The van der Waals surface area contributed by atoms with E-state index in [-0.39, 0.29) is 5.91 Å². The molecule has 1 N–H and O–H groups in total. The number of fused-ring (bicyclic) bond motifs is 1. The van der Waals surface area contributed by atoms with E-state index in [4.69, 9.17) is 4.74 Å². The lowest BCUT2D eigenvalue weighted by Crippen LogP contribution is -2.19. The molecule has 0 aliphatic rings. The third-order valence-electron chi connectivity index (χ3n) is 5.37. The molecule has 0 saturated heterocycles. The molecule has 1 aromatic heterocycles. The number of hydrogen-bond donors (Lipinski definition) is 1. The fraction of sp³-hybridized carbons (Fsp3) is 0.185. The molecule has 3 aromatic carbocycles. The van der Waals surface area contributed by atoms with Gasteiger partial charge in [0.15, 0.2) is 0 Å². The summed E-state index contributed by atoms with van der Waals surface area (Å²) in [6.07, 6.45) is 3.88. The van der Waals surface area contributed by atoms with Gasteiger partial charge >= 0.3 is 0 Å². The fourth-order valence-electron chi connectivity index (χ4n) is 3.72. The van der Waals surface area contributed by atoms with E-state index >= 15 is 0 Å². The number of ether oxygens (including phenoxy) is 1. The number of nitrogens with one attached hydrogen (secondary N) is 1. The van der Waals surface area contributed by atoms with Crippen molar-refractivity contribution in [3.8, 4) is 16.9 Å². The van der Waals surface area contributed by atoms with Crippen LogP contribution in [0, 0.1) is 3.57 Å². The Morgan fingerprint density at radius 3 is 2.55 bits per heavy atom. The Labute approximate surface area is 207 Å². The topological polar surface area (TPSA) is 54.5 Å². The number of likely N-dealkylation sites (N-methyl/N-ethyl adjacent to an activating group) is 1. The molecule has 1 amide bonds. The van der Waals surface area contributed by atoms with Gasteiger partial charge in [-0.1, -0.05) is 36.4 Å². The number of carbonyl (C=O) groups is 1. The molecule has 0 spiro atoms. The molecule has 0 bridgehead atoms. The van der Waals surface area contributed by atoms with E-state index in [0.29, 0.717) is 13.0 Å². The number of anilines is 1. The second kappa shape index (κ2) is 10.8. The second-order valence-electron chi connectivity index (χ2n) is 8.08. The predicted molar refractivity (Wildman–Crippen MR) is 143 cm³/mol. The first-order chi connectivity index (χ1) is 16.0. The summed E-state index contributed by atoms with van der Waals surface area (Å²) in [5.41, 5.74) is 3.97. The molecular weight excluding hydrogens is 525 g/mol. The minimum Gasteiger partial charge on any atom is -0.491 e. The number of nitrogens with zero attached hydrogens (tertiary/aromatic N) is 2. The van der Waals surface area contributed by atoms with Crippen LogP contribution in [0.3, 0.4) is 0 Å². The summed E-state index contributed by atoms with van der Waals surface area (Å²) in [4.78, 5) is 19.1. The van der Waals surface area contributed by atoms with Crippen LogP contribution >= 0.6 is 22.6 Å². The summed E-state index contributed by atoms with van der Waals surface area (Å²) in [6, 6.07) is 22.1. The zero-order chi connectivity index (χ0) is 23.2. The van der Waals surface area contributed by atoms with Gasteiger partial charge in [0.05, 0.1) is 9.99 Å². The van der Waals surface area contributed by atoms with Crippen molar-refractivity contribution >= 4 is 45.0 Å². The monoisotopic (exact) mass is 551 g/mol. The summed E-state index contributed by atoms with van der Waals surface area (Å²) >= 11 is 2.25. The summed E-state index contributed by atoms with van der Waals surface area (Å²) in [5.74, 6) is 0.722. The maximum atomic E-state index is 12.9. The normalized spacial score (nSPS) is 11.0. The third kappa shape index (κ3) is 5.89. The van der Waals surface area contributed by atoms with Crippen molar-refractivity contribution in [2.75, 3.05) is 32.6 Å². The lowest BCUT2D eigenvalue weighted by molar-refractivity contribution is -0.115. The Kier molecular flexibility index (Phi) is 7.57. The molecule has 0 unspecified atom stereocenters. The van der Waals surface area contributed by atoms with Gasteiger partial charge in [0.25, 0.3) is 0 Å². The average molecular weight is 551 g/mol. The van der Waals surface area contributed by atoms with Crippen molar-refractivity contribution in [3.63, 3.8) is 0 Å². The Hall–Kier alpha value is -2.97. The largest absolute Gasteiger partial charge is 0.491 e. The van der Waals surface area contributed by atoms with Gasteiger partial charge < -0.3 is 15.0 Å². The maximum absolute atomic E-state index is 12.9. The molecule has 6 heteroatoms. The Morgan fingerprint density at radius 1 is 1.00 bits per heavy atom. The third-order valence-corrected chi connectivity index (χ3v) is 6.26. The van der Waals surface area contributed by atoms with Crippen LogP contribution in [0.15, 0.2) is 79.1 Å². The molecule has 33 heavy (non-hydrogen) atoms. The van der Waals surface area contributed by atoms with Crippen LogP contribution < -0.4 is 10.1 Å². The van der Waals surface area contributed by atoms with Crippen molar-refractivity contribution in [1.29, 1.82) is 0 Å². The number of aromatic nitrogens is 1. The van der Waals surface area contributed by atoms with Crippen molar-refractivity contribution in [1.82, 2.24) is 9.88 Å². The van der Waals surface area contributed by atoms with Crippen LogP contribution in [0.2, 0.25) is 0 Å². The van der Waals surface area contributed by atoms with Gasteiger partial charge in [0.1, 0.15) is 12.4 Å². The highest BCUT2D eigenvalue weighted by molar-refractivity contribution is 14.1. The average Bonchev–Trinajstić information content (AvgIpc) is 2.81. The van der Waals surface area contributed by atoms with Gasteiger partial charge in [-0.3, -0.25) is 9.78 Å². The van der Waals surface area contributed by atoms with E-state index in [0.717, 1.165) is 49.0 Å². The number of rotatable bonds is 8. The summed E-state index contributed by atoms with van der Waals surface area (Å²) < 4.78 is 6.91. The zero-order valence-corrected chi connectivity index (χ0v) is 20.9. The Bertz CT molecular complexity index is 1260. The van der Waals surface area contributed by atoms with Gasteiger partial charge in [-0.25, -0.2) is 0 Å². The smallest absolute Gasteiger partial charge is 0.228 e. The van der Waals surface area contributed by atoms with Crippen LogP contribution in [0.4, 0.5) is 5.69 Å². The Morgan fingerprint density at radius 2 is 1.76 bits per heavy atom.